The summed E-state index contributed by atoms with van der Waals surface area (Å²) in [6, 6.07) is 7.29. The average molecular weight is 279 g/mol. The molecule has 0 radical (unpaired) electrons. The highest BCUT2D eigenvalue weighted by molar-refractivity contribution is 6.30. The van der Waals surface area contributed by atoms with Crippen molar-refractivity contribution in [2.75, 3.05) is 0 Å². The van der Waals surface area contributed by atoms with E-state index in [2.05, 4.69) is 15.1 Å². The van der Waals surface area contributed by atoms with E-state index in [1.165, 1.54) is 12.4 Å². The molecule has 0 bridgehead atoms. The first-order chi connectivity index (χ1) is 9.19. The van der Waals surface area contributed by atoms with Gasteiger partial charge in [0, 0.05) is 5.02 Å². The average Bonchev–Trinajstić information content (AvgIpc) is 2.46. The van der Waals surface area contributed by atoms with Crippen LogP contribution in [0.4, 0.5) is 0 Å². The summed E-state index contributed by atoms with van der Waals surface area (Å²) in [6.07, 6.45) is 2.77. The van der Waals surface area contributed by atoms with Crippen LogP contribution in [0.15, 0.2) is 41.8 Å². The number of hydrogen-bond donors (Lipinski definition) is 2. The van der Waals surface area contributed by atoms with E-state index in [-0.39, 0.29) is 11.5 Å². The summed E-state index contributed by atoms with van der Waals surface area (Å²) in [5, 5.41) is 12.0. The number of hydrogen-bond acceptors (Lipinski definition) is 5. The highest BCUT2D eigenvalue weighted by atomic mass is 35.5. The number of nitrogens with zero attached hydrogens (tertiary/aromatic N) is 3. The minimum absolute atomic E-state index is 0.100. The van der Waals surface area contributed by atoms with E-state index < -0.39 is 0 Å². The second kappa shape index (κ2) is 6.01. The van der Waals surface area contributed by atoms with Crippen LogP contribution in [0.1, 0.15) is 11.3 Å². The molecule has 0 aliphatic heterocycles. The molecule has 0 saturated heterocycles. The van der Waals surface area contributed by atoms with Gasteiger partial charge in [-0.1, -0.05) is 28.9 Å². The number of amidine groups is 1. The Bertz CT molecular complexity index is 569. The van der Waals surface area contributed by atoms with Crippen LogP contribution in [0.25, 0.3) is 0 Å². The van der Waals surface area contributed by atoms with Gasteiger partial charge >= 0.3 is 0 Å². The maximum atomic E-state index is 8.49. The number of halogens is 1. The third-order valence-corrected chi connectivity index (χ3v) is 2.55. The van der Waals surface area contributed by atoms with Gasteiger partial charge in [-0.25, -0.2) is 9.97 Å². The minimum Gasteiger partial charge on any atom is -0.472 e. The van der Waals surface area contributed by atoms with Crippen LogP contribution < -0.4 is 10.5 Å². The normalized spacial score (nSPS) is 11.3. The van der Waals surface area contributed by atoms with Crippen molar-refractivity contribution in [1.29, 1.82) is 0 Å². The van der Waals surface area contributed by atoms with Crippen LogP contribution in [-0.4, -0.2) is 21.0 Å². The summed E-state index contributed by atoms with van der Waals surface area (Å²) in [5.41, 5.74) is 6.61. The Balaban J connectivity index is 1.98. The van der Waals surface area contributed by atoms with Crippen molar-refractivity contribution in [3.8, 4) is 5.88 Å². The molecule has 0 fully saturated rings. The van der Waals surface area contributed by atoms with Crippen molar-refractivity contribution in [3.63, 3.8) is 0 Å². The molecule has 2 aromatic rings. The molecule has 0 atom stereocenters. The SMILES string of the molecule is NC(=NO)c1cnc(OCc2ccc(Cl)cc2)cn1. The third-order valence-electron chi connectivity index (χ3n) is 2.30. The molecule has 1 aromatic heterocycles. The van der Waals surface area contributed by atoms with Crippen LogP contribution in [0.5, 0.6) is 5.88 Å². The summed E-state index contributed by atoms with van der Waals surface area (Å²) in [7, 11) is 0. The molecule has 2 rings (SSSR count). The van der Waals surface area contributed by atoms with Gasteiger partial charge in [-0.05, 0) is 17.7 Å². The predicted octanol–water partition coefficient (Wildman–Crippen LogP) is 1.80. The summed E-state index contributed by atoms with van der Waals surface area (Å²) in [4.78, 5) is 7.95. The number of ether oxygens (including phenoxy) is 1. The number of aromatic nitrogens is 2. The van der Waals surface area contributed by atoms with Crippen molar-refractivity contribution >= 4 is 17.4 Å². The van der Waals surface area contributed by atoms with Gasteiger partial charge in [-0.2, -0.15) is 0 Å². The smallest absolute Gasteiger partial charge is 0.232 e. The first-order valence-corrected chi connectivity index (χ1v) is 5.74. The molecule has 0 saturated carbocycles. The molecule has 0 aliphatic carbocycles. The molecule has 3 N–H and O–H groups in total. The van der Waals surface area contributed by atoms with Crippen LogP contribution >= 0.6 is 11.6 Å². The molecular weight excluding hydrogens is 268 g/mol. The maximum absolute atomic E-state index is 8.49. The van der Waals surface area contributed by atoms with Gasteiger partial charge in [0.15, 0.2) is 5.84 Å². The fourth-order valence-electron chi connectivity index (χ4n) is 1.31. The van der Waals surface area contributed by atoms with Gasteiger partial charge in [-0.3, -0.25) is 0 Å². The summed E-state index contributed by atoms with van der Waals surface area (Å²) in [5.74, 6) is 0.251. The molecule has 0 spiro atoms. The number of oxime groups is 1. The lowest BCUT2D eigenvalue weighted by molar-refractivity contribution is 0.292. The summed E-state index contributed by atoms with van der Waals surface area (Å²) >= 11 is 5.78. The van der Waals surface area contributed by atoms with Crippen LogP contribution in [0.2, 0.25) is 5.02 Å². The van der Waals surface area contributed by atoms with E-state index in [0.717, 1.165) is 5.56 Å². The van der Waals surface area contributed by atoms with Gasteiger partial charge in [0.05, 0.1) is 12.4 Å². The Morgan fingerprint density at radius 1 is 1.26 bits per heavy atom. The Labute approximate surface area is 114 Å². The lowest BCUT2D eigenvalue weighted by Gasteiger charge is -2.05. The maximum Gasteiger partial charge on any atom is 0.232 e. The Kier molecular flexibility index (Phi) is 4.15. The second-order valence-electron chi connectivity index (χ2n) is 3.64. The Morgan fingerprint density at radius 2 is 2.00 bits per heavy atom. The van der Waals surface area contributed by atoms with Gasteiger partial charge < -0.3 is 15.7 Å². The first kappa shape index (κ1) is 13.1. The molecule has 19 heavy (non-hydrogen) atoms. The van der Waals surface area contributed by atoms with Crippen LogP contribution in [-0.2, 0) is 6.61 Å². The summed E-state index contributed by atoms with van der Waals surface area (Å²) < 4.78 is 5.44. The Morgan fingerprint density at radius 3 is 2.58 bits per heavy atom. The van der Waals surface area contributed by atoms with Gasteiger partial charge in [0.2, 0.25) is 5.88 Å². The van der Waals surface area contributed by atoms with E-state index in [1.807, 2.05) is 12.1 Å². The predicted molar refractivity (Wildman–Crippen MR) is 70.3 cm³/mol. The fourth-order valence-corrected chi connectivity index (χ4v) is 1.44. The highest BCUT2D eigenvalue weighted by Gasteiger charge is 2.03. The molecule has 1 heterocycles. The highest BCUT2D eigenvalue weighted by Crippen LogP contribution is 2.12. The zero-order valence-electron chi connectivity index (χ0n) is 9.82. The lowest BCUT2D eigenvalue weighted by atomic mass is 10.2. The van der Waals surface area contributed by atoms with Crippen LogP contribution in [0.3, 0.4) is 0 Å². The van der Waals surface area contributed by atoms with Gasteiger partial charge in [0.1, 0.15) is 12.3 Å². The second-order valence-corrected chi connectivity index (χ2v) is 4.08. The lowest BCUT2D eigenvalue weighted by Crippen LogP contribution is -2.15. The standard InChI is InChI=1S/C12H11ClN4O2/c13-9-3-1-8(2-4-9)7-19-11-6-15-10(5-16-11)12(14)17-18/h1-6,18H,7H2,(H2,14,17). The van der Waals surface area contributed by atoms with E-state index in [4.69, 9.17) is 27.3 Å². The van der Waals surface area contributed by atoms with E-state index in [0.29, 0.717) is 17.5 Å². The molecule has 0 unspecified atom stereocenters. The molecule has 6 nitrogen and oxygen atoms in total. The molecule has 1 aromatic carbocycles. The van der Waals surface area contributed by atoms with E-state index in [9.17, 15) is 0 Å². The number of nitrogens with two attached hydrogens (primary N) is 1. The third kappa shape index (κ3) is 3.56. The van der Waals surface area contributed by atoms with E-state index >= 15 is 0 Å². The first-order valence-electron chi connectivity index (χ1n) is 5.36. The van der Waals surface area contributed by atoms with Gasteiger partial charge in [-0.15, -0.1) is 0 Å². The molecular formula is C12H11ClN4O2. The van der Waals surface area contributed by atoms with Crippen molar-refractivity contribution in [2.24, 2.45) is 10.9 Å². The van der Waals surface area contributed by atoms with Crippen molar-refractivity contribution < 1.29 is 9.94 Å². The number of rotatable bonds is 4. The van der Waals surface area contributed by atoms with Crippen molar-refractivity contribution in [2.45, 2.75) is 6.61 Å². The van der Waals surface area contributed by atoms with Crippen LogP contribution in [0, 0.1) is 0 Å². The minimum atomic E-state index is -0.100. The van der Waals surface area contributed by atoms with Crippen molar-refractivity contribution in [1.82, 2.24) is 9.97 Å². The van der Waals surface area contributed by atoms with Crippen molar-refractivity contribution in [3.05, 3.63) is 52.9 Å². The number of benzene rings is 1. The summed E-state index contributed by atoms with van der Waals surface area (Å²) in [6.45, 7) is 0.356. The molecule has 7 heteroatoms. The quantitative estimate of drug-likeness (QED) is 0.385. The monoisotopic (exact) mass is 278 g/mol. The largest absolute Gasteiger partial charge is 0.472 e. The molecule has 98 valence electrons. The molecule has 0 amide bonds. The van der Waals surface area contributed by atoms with E-state index in [1.54, 1.807) is 12.1 Å². The Hall–Kier alpha value is -2.34. The van der Waals surface area contributed by atoms with Gasteiger partial charge in [0.25, 0.3) is 0 Å². The topological polar surface area (TPSA) is 93.6 Å². The fraction of sp³-hybridized carbons (Fsp3) is 0.0833. The molecule has 0 aliphatic rings. The zero-order chi connectivity index (χ0) is 13.7. The zero-order valence-corrected chi connectivity index (χ0v) is 10.6.